The van der Waals surface area contributed by atoms with Crippen LogP contribution < -0.4 is 0 Å². The molecule has 1 atom stereocenters. The van der Waals surface area contributed by atoms with Crippen LogP contribution >= 0.6 is 11.8 Å². The van der Waals surface area contributed by atoms with Gasteiger partial charge in [0.15, 0.2) is 0 Å². The summed E-state index contributed by atoms with van der Waals surface area (Å²) in [5, 5.41) is 0. The summed E-state index contributed by atoms with van der Waals surface area (Å²) in [6.45, 7) is 9.12. The second-order valence-corrected chi connectivity index (χ2v) is 7.33. The fourth-order valence-corrected chi connectivity index (χ4v) is 4.48. The molecule has 1 aliphatic rings. The van der Waals surface area contributed by atoms with Gasteiger partial charge in [-0.15, -0.1) is 11.8 Å². The van der Waals surface area contributed by atoms with Crippen molar-refractivity contribution in [3.05, 3.63) is 0 Å². The Labute approximate surface area is 106 Å². The van der Waals surface area contributed by atoms with Crippen molar-refractivity contribution in [3.8, 4) is 0 Å². The van der Waals surface area contributed by atoms with E-state index in [-0.39, 0.29) is 5.91 Å². The zero-order valence-corrected chi connectivity index (χ0v) is 11.6. The van der Waals surface area contributed by atoms with Gasteiger partial charge in [0.05, 0.1) is 9.62 Å². The third kappa shape index (κ3) is 2.31. The number of carbonyl (C=O) groups is 3. The number of nitrogens with zero attached hydrogens (tertiary/aromatic N) is 2. The minimum Gasteiger partial charge on any atom is -0.306 e. The molecule has 6 heteroatoms. The van der Waals surface area contributed by atoms with Gasteiger partial charge < -0.3 is 4.90 Å². The van der Waals surface area contributed by atoms with Crippen LogP contribution in [0.5, 0.6) is 0 Å². The van der Waals surface area contributed by atoms with Crippen LogP contribution in [0.1, 0.15) is 34.6 Å². The van der Waals surface area contributed by atoms with E-state index in [0.717, 1.165) is 4.90 Å². The maximum atomic E-state index is 11.8. The monoisotopic (exact) mass is 258 g/mol. The van der Waals surface area contributed by atoms with E-state index in [4.69, 9.17) is 0 Å². The summed E-state index contributed by atoms with van der Waals surface area (Å²) < 4.78 is -0.392. The van der Waals surface area contributed by atoms with Gasteiger partial charge in [-0.1, -0.05) is 0 Å². The predicted octanol–water partition coefficient (Wildman–Crippen LogP) is 1.04. The number of amides is 3. The van der Waals surface area contributed by atoms with E-state index in [0.29, 0.717) is 12.8 Å². The van der Waals surface area contributed by atoms with Gasteiger partial charge in [0.1, 0.15) is 6.17 Å². The Bertz CT molecular complexity index is 347. The van der Waals surface area contributed by atoms with E-state index in [2.05, 4.69) is 0 Å². The number of rotatable bonds is 3. The standard InChI is InChI=1S/C11H18N2O3S/c1-8(16)13-9(12(6-14)7-15)10(2,3)17-11(13,4)5/h6-7,9H,1-5H3. The maximum absolute atomic E-state index is 11.8. The number of hydrogen-bond acceptors (Lipinski definition) is 4. The van der Waals surface area contributed by atoms with Gasteiger partial charge in [-0.25, -0.2) is 0 Å². The predicted molar refractivity (Wildman–Crippen MR) is 66.0 cm³/mol. The molecule has 3 amide bonds. The molecule has 0 N–H and O–H groups in total. The Kier molecular flexibility index (Phi) is 3.57. The average Bonchev–Trinajstić information content (AvgIpc) is 2.33. The highest BCUT2D eigenvalue weighted by Gasteiger charge is 2.55. The molecule has 5 nitrogen and oxygen atoms in total. The molecule has 0 aromatic carbocycles. The minimum atomic E-state index is -0.546. The first kappa shape index (κ1) is 14.0. The third-order valence-electron chi connectivity index (χ3n) is 2.82. The topological polar surface area (TPSA) is 57.7 Å². The Balaban J connectivity index is 3.25. The van der Waals surface area contributed by atoms with E-state index in [9.17, 15) is 14.4 Å². The highest BCUT2D eigenvalue weighted by Crippen LogP contribution is 2.51. The van der Waals surface area contributed by atoms with Crippen LogP contribution in [0.15, 0.2) is 0 Å². The van der Waals surface area contributed by atoms with Gasteiger partial charge in [0.2, 0.25) is 18.7 Å². The lowest BCUT2D eigenvalue weighted by atomic mass is 10.1. The number of thioether (sulfide) groups is 1. The van der Waals surface area contributed by atoms with Crippen molar-refractivity contribution >= 4 is 30.5 Å². The zero-order chi connectivity index (χ0) is 13.4. The lowest BCUT2D eigenvalue weighted by molar-refractivity contribution is -0.146. The largest absolute Gasteiger partial charge is 0.306 e. The summed E-state index contributed by atoms with van der Waals surface area (Å²) in [4.78, 5) is 35.8. The molecule has 0 spiro atoms. The van der Waals surface area contributed by atoms with Gasteiger partial charge in [-0.05, 0) is 27.7 Å². The molecule has 1 heterocycles. The van der Waals surface area contributed by atoms with Crippen molar-refractivity contribution < 1.29 is 14.4 Å². The van der Waals surface area contributed by atoms with Crippen molar-refractivity contribution in [2.45, 2.75) is 50.4 Å². The SMILES string of the molecule is CC(=O)N1C(N(C=O)C=O)C(C)(C)SC1(C)C. The minimum absolute atomic E-state index is 0.147. The molecule has 17 heavy (non-hydrogen) atoms. The smallest absolute Gasteiger partial charge is 0.222 e. The number of hydrogen-bond donors (Lipinski definition) is 0. The summed E-state index contributed by atoms with van der Waals surface area (Å²) in [5.41, 5.74) is 0. The fraction of sp³-hybridized carbons (Fsp3) is 0.727. The molecule has 0 aliphatic carbocycles. The molecule has 0 aromatic heterocycles. The first-order chi connectivity index (χ1) is 7.67. The van der Waals surface area contributed by atoms with E-state index in [1.165, 1.54) is 6.92 Å². The van der Waals surface area contributed by atoms with Crippen molar-refractivity contribution in [3.63, 3.8) is 0 Å². The Morgan fingerprint density at radius 1 is 1.24 bits per heavy atom. The second kappa shape index (κ2) is 4.33. The first-order valence-corrected chi connectivity index (χ1v) is 6.17. The summed E-state index contributed by atoms with van der Waals surface area (Å²) >= 11 is 1.57. The van der Waals surface area contributed by atoms with E-state index in [1.807, 2.05) is 27.7 Å². The van der Waals surface area contributed by atoms with Crippen molar-refractivity contribution in [1.82, 2.24) is 9.80 Å². The van der Waals surface area contributed by atoms with Crippen LogP contribution in [0.3, 0.4) is 0 Å². The normalized spacial score (nSPS) is 25.5. The van der Waals surface area contributed by atoms with Crippen LogP contribution in [0.2, 0.25) is 0 Å². The molecule has 1 aliphatic heterocycles. The second-order valence-electron chi connectivity index (χ2n) is 5.07. The Morgan fingerprint density at radius 2 is 1.71 bits per heavy atom. The number of imide groups is 1. The highest BCUT2D eigenvalue weighted by molar-refractivity contribution is 8.02. The highest BCUT2D eigenvalue weighted by atomic mass is 32.2. The zero-order valence-electron chi connectivity index (χ0n) is 10.8. The van der Waals surface area contributed by atoms with E-state index < -0.39 is 15.8 Å². The van der Waals surface area contributed by atoms with Crippen LogP contribution in [-0.4, -0.2) is 44.3 Å². The summed E-state index contributed by atoms with van der Waals surface area (Å²) in [6, 6.07) is 0. The molecule has 96 valence electrons. The van der Waals surface area contributed by atoms with Gasteiger partial charge in [-0.2, -0.15) is 0 Å². The quantitative estimate of drug-likeness (QED) is 0.710. The summed E-state index contributed by atoms with van der Waals surface area (Å²) in [5.74, 6) is -0.147. The summed E-state index contributed by atoms with van der Waals surface area (Å²) in [7, 11) is 0. The van der Waals surface area contributed by atoms with Gasteiger partial charge in [0.25, 0.3) is 0 Å². The molecule has 0 saturated carbocycles. The van der Waals surface area contributed by atoms with Crippen LogP contribution in [-0.2, 0) is 14.4 Å². The lowest BCUT2D eigenvalue weighted by Gasteiger charge is -2.37. The third-order valence-corrected chi connectivity index (χ3v) is 4.26. The maximum Gasteiger partial charge on any atom is 0.222 e. The first-order valence-electron chi connectivity index (χ1n) is 5.35. The molecule has 1 rings (SSSR count). The summed E-state index contributed by atoms with van der Waals surface area (Å²) in [6.07, 6.45) is 0.393. The molecule has 1 unspecified atom stereocenters. The van der Waals surface area contributed by atoms with E-state index in [1.54, 1.807) is 16.7 Å². The molecule has 0 radical (unpaired) electrons. The average molecular weight is 258 g/mol. The van der Waals surface area contributed by atoms with Gasteiger partial charge >= 0.3 is 0 Å². The van der Waals surface area contributed by atoms with Gasteiger partial charge in [-0.3, -0.25) is 19.3 Å². The molecule has 0 aromatic rings. The van der Waals surface area contributed by atoms with Gasteiger partial charge in [0, 0.05) is 6.92 Å². The Hall–Kier alpha value is -1.04. The van der Waals surface area contributed by atoms with Crippen molar-refractivity contribution in [2.24, 2.45) is 0 Å². The fourth-order valence-electron chi connectivity index (χ4n) is 2.53. The van der Waals surface area contributed by atoms with Crippen LogP contribution in [0, 0.1) is 0 Å². The van der Waals surface area contributed by atoms with Crippen LogP contribution in [0.4, 0.5) is 0 Å². The van der Waals surface area contributed by atoms with Crippen molar-refractivity contribution in [1.29, 1.82) is 0 Å². The number of carbonyl (C=O) groups excluding carboxylic acids is 3. The van der Waals surface area contributed by atoms with Crippen LogP contribution in [0.25, 0.3) is 0 Å². The molecular weight excluding hydrogens is 240 g/mol. The molecule has 1 fully saturated rings. The molecular formula is C11H18N2O3S. The molecule has 1 saturated heterocycles. The Morgan fingerprint density at radius 3 is 2.06 bits per heavy atom. The van der Waals surface area contributed by atoms with E-state index >= 15 is 0 Å². The molecule has 0 bridgehead atoms. The van der Waals surface area contributed by atoms with Crippen molar-refractivity contribution in [2.75, 3.05) is 0 Å². The lowest BCUT2D eigenvalue weighted by Crippen LogP contribution is -2.56.